The highest BCUT2D eigenvalue weighted by Gasteiger charge is 2.38. The third-order valence-corrected chi connectivity index (χ3v) is 4.81. The molecule has 2 fully saturated rings. The van der Waals surface area contributed by atoms with E-state index < -0.39 is 0 Å². The van der Waals surface area contributed by atoms with Gasteiger partial charge in [0.25, 0.3) is 0 Å². The lowest BCUT2D eigenvalue weighted by Gasteiger charge is -2.36. The van der Waals surface area contributed by atoms with E-state index in [-0.39, 0.29) is 18.3 Å². The van der Waals surface area contributed by atoms with Gasteiger partial charge in [-0.1, -0.05) is 19.3 Å². The lowest BCUT2D eigenvalue weighted by Crippen LogP contribution is -2.47. The summed E-state index contributed by atoms with van der Waals surface area (Å²) in [6.07, 6.45) is 8.33. The van der Waals surface area contributed by atoms with Crippen LogP contribution in [0.4, 0.5) is 0 Å². The summed E-state index contributed by atoms with van der Waals surface area (Å²) in [5, 5.41) is 0. The molecule has 1 amide bonds. The first-order valence-electron chi connectivity index (χ1n) is 7.67. The van der Waals surface area contributed by atoms with Crippen molar-refractivity contribution >= 4 is 18.3 Å². The van der Waals surface area contributed by atoms with Crippen LogP contribution in [0.1, 0.15) is 58.8 Å². The van der Waals surface area contributed by atoms with E-state index in [1.54, 1.807) is 0 Å². The molecular weight excluding hydrogens is 260 g/mol. The van der Waals surface area contributed by atoms with E-state index in [0.29, 0.717) is 30.5 Å². The fourth-order valence-electron chi connectivity index (χ4n) is 3.87. The summed E-state index contributed by atoms with van der Waals surface area (Å²) in [5.41, 5.74) is 5.82. The molecule has 0 aromatic rings. The van der Waals surface area contributed by atoms with Gasteiger partial charge in [0.15, 0.2) is 0 Å². The Morgan fingerprint density at radius 1 is 1.16 bits per heavy atom. The summed E-state index contributed by atoms with van der Waals surface area (Å²) in [7, 11) is 0. The van der Waals surface area contributed by atoms with Crippen LogP contribution in [0.5, 0.6) is 0 Å². The van der Waals surface area contributed by atoms with E-state index in [4.69, 9.17) is 5.73 Å². The van der Waals surface area contributed by atoms with Crippen LogP contribution in [0.15, 0.2) is 0 Å². The second-order valence-electron chi connectivity index (χ2n) is 6.31. The highest BCUT2D eigenvalue weighted by molar-refractivity contribution is 5.85. The number of carbonyl (C=O) groups excluding carboxylic acids is 1. The van der Waals surface area contributed by atoms with Gasteiger partial charge in [-0.15, -0.1) is 12.4 Å². The molecule has 0 aromatic carbocycles. The first kappa shape index (κ1) is 16.8. The maximum atomic E-state index is 12.8. The van der Waals surface area contributed by atoms with Crippen molar-refractivity contribution in [2.75, 3.05) is 6.54 Å². The number of halogens is 1. The van der Waals surface area contributed by atoms with Crippen LogP contribution in [-0.2, 0) is 4.79 Å². The van der Waals surface area contributed by atoms with Crippen molar-refractivity contribution in [3.05, 3.63) is 0 Å². The standard InChI is InChI=1S/C15H28N2O.ClH/c1-11(2)17(13-7-3-4-8-13)15(18)14-9-5-6-12(14)10-16;/h11-14H,3-10,16H2,1-2H3;1H/t12-,14-;/m1./s1. The van der Waals surface area contributed by atoms with Crippen LogP contribution in [0.2, 0.25) is 0 Å². The Bertz CT molecular complexity index is 290. The highest BCUT2D eigenvalue weighted by Crippen LogP contribution is 2.35. The lowest BCUT2D eigenvalue weighted by molar-refractivity contribution is -0.141. The molecule has 19 heavy (non-hydrogen) atoms. The summed E-state index contributed by atoms with van der Waals surface area (Å²) in [4.78, 5) is 15.0. The van der Waals surface area contributed by atoms with E-state index in [1.807, 2.05) is 0 Å². The maximum absolute atomic E-state index is 12.8. The van der Waals surface area contributed by atoms with Gasteiger partial charge < -0.3 is 10.6 Å². The zero-order valence-corrected chi connectivity index (χ0v) is 13.1. The van der Waals surface area contributed by atoms with E-state index in [0.717, 1.165) is 12.8 Å². The Labute approximate surface area is 123 Å². The van der Waals surface area contributed by atoms with Crippen molar-refractivity contribution in [1.29, 1.82) is 0 Å². The molecule has 0 aromatic heterocycles. The first-order valence-corrected chi connectivity index (χ1v) is 7.67. The zero-order valence-electron chi connectivity index (χ0n) is 12.3. The quantitative estimate of drug-likeness (QED) is 0.864. The largest absolute Gasteiger partial charge is 0.337 e. The average molecular weight is 289 g/mol. The number of nitrogens with zero attached hydrogens (tertiary/aromatic N) is 1. The summed E-state index contributed by atoms with van der Waals surface area (Å²) in [5.74, 6) is 1.03. The molecule has 2 saturated carbocycles. The van der Waals surface area contributed by atoms with Crippen LogP contribution in [-0.4, -0.2) is 29.4 Å². The summed E-state index contributed by atoms with van der Waals surface area (Å²) >= 11 is 0. The molecule has 0 bridgehead atoms. The second kappa shape index (κ2) is 7.49. The monoisotopic (exact) mass is 288 g/mol. The van der Waals surface area contributed by atoms with Crippen LogP contribution in [0.25, 0.3) is 0 Å². The fraction of sp³-hybridized carbons (Fsp3) is 0.933. The predicted molar refractivity (Wildman–Crippen MR) is 81.4 cm³/mol. The van der Waals surface area contributed by atoms with Gasteiger partial charge in [0.05, 0.1) is 0 Å². The Balaban J connectivity index is 0.00000180. The second-order valence-corrected chi connectivity index (χ2v) is 6.31. The van der Waals surface area contributed by atoms with Gasteiger partial charge in [-0.05, 0) is 52.0 Å². The van der Waals surface area contributed by atoms with E-state index >= 15 is 0 Å². The molecule has 112 valence electrons. The van der Waals surface area contributed by atoms with Gasteiger partial charge in [0, 0.05) is 18.0 Å². The summed E-state index contributed by atoms with van der Waals surface area (Å²) in [6, 6.07) is 0.830. The van der Waals surface area contributed by atoms with Crippen molar-refractivity contribution in [2.45, 2.75) is 70.9 Å². The Morgan fingerprint density at radius 3 is 2.32 bits per heavy atom. The molecule has 2 rings (SSSR count). The number of hydrogen-bond acceptors (Lipinski definition) is 2. The van der Waals surface area contributed by atoms with E-state index in [2.05, 4.69) is 18.7 Å². The minimum absolute atomic E-state index is 0. The van der Waals surface area contributed by atoms with Crippen LogP contribution in [0.3, 0.4) is 0 Å². The van der Waals surface area contributed by atoms with Gasteiger partial charge in [-0.2, -0.15) is 0 Å². The van der Waals surface area contributed by atoms with Crippen molar-refractivity contribution in [1.82, 2.24) is 4.90 Å². The maximum Gasteiger partial charge on any atom is 0.226 e. The fourth-order valence-corrected chi connectivity index (χ4v) is 3.87. The molecule has 3 nitrogen and oxygen atoms in total. The van der Waals surface area contributed by atoms with Gasteiger partial charge in [-0.25, -0.2) is 0 Å². The van der Waals surface area contributed by atoms with Gasteiger partial charge in [0.1, 0.15) is 0 Å². The summed E-state index contributed by atoms with van der Waals surface area (Å²) in [6.45, 7) is 4.98. The molecule has 0 spiro atoms. The number of amides is 1. The highest BCUT2D eigenvalue weighted by atomic mass is 35.5. The van der Waals surface area contributed by atoms with Crippen molar-refractivity contribution in [3.63, 3.8) is 0 Å². The molecule has 0 saturated heterocycles. The Kier molecular flexibility index (Phi) is 6.61. The SMILES string of the molecule is CC(C)N(C(=O)[C@@H]1CCC[C@@H]1CN)C1CCCC1.Cl. The first-order chi connectivity index (χ1) is 8.65. The van der Waals surface area contributed by atoms with E-state index in [9.17, 15) is 4.79 Å². The van der Waals surface area contributed by atoms with Gasteiger partial charge >= 0.3 is 0 Å². The molecule has 0 unspecified atom stereocenters. The predicted octanol–water partition coefficient (Wildman–Crippen LogP) is 2.96. The van der Waals surface area contributed by atoms with Gasteiger partial charge in [0.2, 0.25) is 5.91 Å². The van der Waals surface area contributed by atoms with Crippen molar-refractivity contribution in [3.8, 4) is 0 Å². The van der Waals surface area contributed by atoms with Crippen molar-refractivity contribution in [2.24, 2.45) is 17.6 Å². The average Bonchev–Trinajstić information content (AvgIpc) is 2.98. The number of hydrogen-bond donors (Lipinski definition) is 1. The molecule has 2 N–H and O–H groups in total. The third kappa shape index (κ3) is 3.63. The van der Waals surface area contributed by atoms with Crippen LogP contribution >= 0.6 is 12.4 Å². The number of rotatable bonds is 4. The van der Waals surface area contributed by atoms with Crippen molar-refractivity contribution < 1.29 is 4.79 Å². The topological polar surface area (TPSA) is 46.3 Å². The van der Waals surface area contributed by atoms with E-state index in [1.165, 1.54) is 32.1 Å². The molecule has 0 aliphatic heterocycles. The molecule has 2 aliphatic carbocycles. The minimum atomic E-state index is 0. The molecule has 2 atom stereocenters. The molecule has 0 radical (unpaired) electrons. The molecule has 4 heteroatoms. The summed E-state index contributed by atoms with van der Waals surface area (Å²) < 4.78 is 0. The molecule has 2 aliphatic rings. The number of nitrogens with two attached hydrogens (primary N) is 1. The lowest BCUT2D eigenvalue weighted by atomic mass is 9.93. The van der Waals surface area contributed by atoms with Gasteiger partial charge in [-0.3, -0.25) is 4.79 Å². The normalized spacial score (nSPS) is 27.6. The number of carbonyl (C=O) groups is 1. The Hall–Kier alpha value is -0.280. The third-order valence-electron chi connectivity index (χ3n) is 4.81. The zero-order chi connectivity index (χ0) is 13.1. The smallest absolute Gasteiger partial charge is 0.226 e. The molecular formula is C15H29ClN2O. The Morgan fingerprint density at radius 2 is 1.79 bits per heavy atom. The van der Waals surface area contributed by atoms with Crippen LogP contribution in [0, 0.1) is 11.8 Å². The van der Waals surface area contributed by atoms with Crippen LogP contribution < -0.4 is 5.73 Å². The molecule has 0 heterocycles. The minimum Gasteiger partial charge on any atom is -0.337 e.